The topological polar surface area (TPSA) is 29.1 Å². The van der Waals surface area contributed by atoms with Gasteiger partial charge in [0.05, 0.1) is 11.6 Å². The number of carbonyl (C=O) groups is 1. The lowest BCUT2D eigenvalue weighted by atomic mass is 9.76. The minimum atomic E-state index is -0.638. The van der Waals surface area contributed by atoms with Gasteiger partial charge in [-0.2, -0.15) is 0 Å². The summed E-state index contributed by atoms with van der Waals surface area (Å²) in [4.78, 5) is 13.1. The zero-order chi connectivity index (χ0) is 21.4. The maximum absolute atomic E-state index is 13.1. The van der Waals surface area contributed by atoms with Gasteiger partial charge in [-0.25, -0.2) is 0 Å². The Balaban J connectivity index is 2.26. The fraction of sp³-hybridized carbons (Fsp3) is 0.250. The smallest absolute Gasteiger partial charge is 0.172 e. The predicted molar refractivity (Wildman–Crippen MR) is 125 cm³/mol. The normalized spacial score (nSPS) is 12.9. The highest BCUT2D eigenvalue weighted by Crippen LogP contribution is 2.37. The first-order chi connectivity index (χ1) is 14.6. The van der Waals surface area contributed by atoms with Crippen molar-refractivity contribution < 1.29 is 4.79 Å². The summed E-state index contributed by atoms with van der Waals surface area (Å²) in [5.74, 6) is 0.495. The van der Waals surface area contributed by atoms with Gasteiger partial charge in [-0.05, 0) is 42.0 Å². The van der Waals surface area contributed by atoms with Gasteiger partial charge in [0, 0.05) is 0 Å². The Bertz CT molecular complexity index is 849. The van der Waals surface area contributed by atoms with Crippen molar-refractivity contribution in [2.24, 2.45) is 5.92 Å². The lowest BCUT2D eigenvalue weighted by Gasteiger charge is -2.40. The molecule has 0 radical (unpaired) electrons. The van der Waals surface area contributed by atoms with Crippen molar-refractivity contribution in [2.45, 2.75) is 38.8 Å². The van der Waals surface area contributed by atoms with Gasteiger partial charge in [0.15, 0.2) is 5.78 Å². The molecule has 154 valence electrons. The van der Waals surface area contributed by atoms with E-state index in [9.17, 15) is 4.79 Å². The van der Waals surface area contributed by atoms with E-state index in [1.807, 2.05) is 31.2 Å². The summed E-state index contributed by atoms with van der Waals surface area (Å²) in [5, 5.41) is 3.83. The molecule has 0 bridgehead atoms. The van der Waals surface area contributed by atoms with Crippen LogP contribution in [0.2, 0.25) is 0 Å². The zero-order valence-electron chi connectivity index (χ0n) is 18.1. The van der Waals surface area contributed by atoms with E-state index in [0.717, 1.165) is 23.1 Å². The maximum atomic E-state index is 13.1. The summed E-state index contributed by atoms with van der Waals surface area (Å²) in [6.07, 6.45) is 4.27. The van der Waals surface area contributed by atoms with Gasteiger partial charge in [0.1, 0.15) is 0 Å². The van der Waals surface area contributed by atoms with Crippen molar-refractivity contribution in [3.05, 3.63) is 120 Å². The third-order valence-corrected chi connectivity index (χ3v) is 5.39. The largest absolute Gasteiger partial charge is 0.293 e. The minimum absolute atomic E-state index is 0.110. The number of benzene rings is 3. The van der Waals surface area contributed by atoms with Crippen molar-refractivity contribution >= 4 is 5.78 Å². The van der Waals surface area contributed by atoms with E-state index in [2.05, 4.69) is 92.0 Å². The molecular weight excluding hydrogens is 366 g/mol. The lowest BCUT2D eigenvalue weighted by molar-refractivity contribution is -0.117. The van der Waals surface area contributed by atoms with E-state index in [-0.39, 0.29) is 11.8 Å². The molecule has 3 aromatic carbocycles. The first-order valence-corrected chi connectivity index (χ1v) is 10.7. The second-order valence-corrected chi connectivity index (χ2v) is 8.08. The monoisotopic (exact) mass is 397 g/mol. The molecule has 0 fully saturated rings. The molecule has 3 aromatic rings. The van der Waals surface area contributed by atoms with E-state index in [1.54, 1.807) is 6.08 Å². The molecule has 0 aliphatic rings. The maximum Gasteiger partial charge on any atom is 0.172 e. The molecule has 0 aliphatic heterocycles. The number of nitrogens with one attached hydrogen (secondary N) is 1. The molecule has 0 saturated heterocycles. The van der Waals surface area contributed by atoms with Crippen LogP contribution in [0.15, 0.2) is 103 Å². The number of hydrogen-bond donors (Lipinski definition) is 1. The number of rotatable bonds is 9. The summed E-state index contributed by atoms with van der Waals surface area (Å²) < 4.78 is 0. The Morgan fingerprint density at radius 1 is 0.800 bits per heavy atom. The van der Waals surface area contributed by atoms with Crippen molar-refractivity contribution in [3.63, 3.8) is 0 Å². The van der Waals surface area contributed by atoms with Gasteiger partial charge < -0.3 is 0 Å². The number of ketones is 1. The van der Waals surface area contributed by atoms with E-state index >= 15 is 0 Å². The summed E-state index contributed by atoms with van der Waals surface area (Å²) >= 11 is 0. The fourth-order valence-electron chi connectivity index (χ4n) is 4.07. The molecular formula is C28H31NO. The van der Waals surface area contributed by atoms with E-state index < -0.39 is 5.54 Å². The Labute approximate surface area is 180 Å². The minimum Gasteiger partial charge on any atom is -0.293 e. The molecule has 0 spiro atoms. The molecule has 0 aliphatic carbocycles. The van der Waals surface area contributed by atoms with Crippen molar-refractivity contribution in [2.75, 3.05) is 0 Å². The van der Waals surface area contributed by atoms with E-state index in [1.165, 1.54) is 0 Å². The third-order valence-electron chi connectivity index (χ3n) is 5.39. The van der Waals surface area contributed by atoms with Crippen LogP contribution in [-0.2, 0) is 10.3 Å². The molecule has 0 saturated carbocycles. The first-order valence-electron chi connectivity index (χ1n) is 10.7. The molecule has 0 unspecified atom stereocenters. The molecule has 3 rings (SSSR count). The fourth-order valence-corrected chi connectivity index (χ4v) is 4.07. The van der Waals surface area contributed by atoms with Crippen LogP contribution in [0.4, 0.5) is 0 Å². The SMILES string of the molecule is C/C=C/C(=O)[C@H](CC(C)C)NC(c1ccccc1)(c1ccccc1)c1ccccc1. The lowest BCUT2D eigenvalue weighted by Crippen LogP contribution is -2.52. The van der Waals surface area contributed by atoms with Crippen LogP contribution in [0.25, 0.3) is 0 Å². The average molecular weight is 398 g/mol. The quantitative estimate of drug-likeness (QED) is 0.348. The molecule has 1 N–H and O–H groups in total. The van der Waals surface area contributed by atoms with Crippen LogP contribution in [0.5, 0.6) is 0 Å². The Morgan fingerprint density at radius 2 is 1.20 bits per heavy atom. The molecule has 30 heavy (non-hydrogen) atoms. The van der Waals surface area contributed by atoms with Crippen LogP contribution in [0.1, 0.15) is 43.9 Å². The van der Waals surface area contributed by atoms with E-state index in [0.29, 0.717) is 5.92 Å². The predicted octanol–water partition coefficient (Wildman–Crippen LogP) is 6.13. The highest BCUT2D eigenvalue weighted by Gasteiger charge is 2.39. The highest BCUT2D eigenvalue weighted by atomic mass is 16.1. The van der Waals surface area contributed by atoms with Crippen LogP contribution in [0.3, 0.4) is 0 Å². The van der Waals surface area contributed by atoms with Gasteiger partial charge in [-0.3, -0.25) is 10.1 Å². The molecule has 1 atom stereocenters. The molecule has 0 amide bonds. The summed E-state index contributed by atoms with van der Waals surface area (Å²) in [6.45, 7) is 6.21. The summed E-state index contributed by atoms with van der Waals surface area (Å²) in [6, 6.07) is 31.0. The standard InChI is InChI=1S/C28H31NO/c1-4-14-27(30)26(21-22(2)3)29-28(23-15-8-5-9-16-23,24-17-10-6-11-18-24)25-19-12-7-13-20-25/h4-20,22,26,29H,21H2,1-3H3/b14-4+/t26-/m0/s1. The van der Waals surface area contributed by atoms with Crippen molar-refractivity contribution in [1.82, 2.24) is 5.32 Å². The van der Waals surface area contributed by atoms with Crippen LogP contribution >= 0.6 is 0 Å². The second kappa shape index (κ2) is 10.2. The Hall–Kier alpha value is -2.97. The van der Waals surface area contributed by atoms with Crippen molar-refractivity contribution in [3.8, 4) is 0 Å². The molecule has 0 heterocycles. The van der Waals surface area contributed by atoms with Gasteiger partial charge >= 0.3 is 0 Å². The van der Waals surface area contributed by atoms with Gasteiger partial charge in [-0.15, -0.1) is 0 Å². The first kappa shape index (κ1) is 21.7. The van der Waals surface area contributed by atoms with Crippen molar-refractivity contribution in [1.29, 1.82) is 0 Å². The summed E-state index contributed by atoms with van der Waals surface area (Å²) in [5.41, 5.74) is 2.71. The molecule has 2 heteroatoms. The number of carbonyl (C=O) groups excluding carboxylic acids is 1. The van der Waals surface area contributed by atoms with Gasteiger partial charge in [0.2, 0.25) is 0 Å². The van der Waals surface area contributed by atoms with E-state index in [4.69, 9.17) is 0 Å². The van der Waals surface area contributed by atoms with Gasteiger partial charge in [0.25, 0.3) is 0 Å². The third kappa shape index (κ3) is 4.77. The average Bonchev–Trinajstić information content (AvgIpc) is 2.78. The molecule has 2 nitrogen and oxygen atoms in total. The van der Waals surface area contributed by atoms with Crippen LogP contribution in [-0.4, -0.2) is 11.8 Å². The number of hydrogen-bond acceptors (Lipinski definition) is 2. The Kier molecular flexibility index (Phi) is 7.37. The van der Waals surface area contributed by atoms with Gasteiger partial charge in [-0.1, -0.05) is 111 Å². The highest BCUT2D eigenvalue weighted by molar-refractivity contribution is 5.94. The second-order valence-electron chi connectivity index (χ2n) is 8.08. The number of allylic oxidation sites excluding steroid dienone is 1. The van der Waals surface area contributed by atoms with Crippen LogP contribution in [0, 0.1) is 5.92 Å². The van der Waals surface area contributed by atoms with Crippen LogP contribution < -0.4 is 5.32 Å². The Morgan fingerprint density at radius 3 is 1.53 bits per heavy atom. The molecule has 0 aromatic heterocycles. The summed E-state index contributed by atoms with van der Waals surface area (Å²) in [7, 11) is 0. The zero-order valence-corrected chi connectivity index (χ0v) is 18.1.